The van der Waals surface area contributed by atoms with Crippen LogP contribution in [0.2, 0.25) is 0 Å². The van der Waals surface area contributed by atoms with E-state index in [9.17, 15) is 0 Å². The fourth-order valence-corrected chi connectivity index (χ4v) is 3.01. The number of hydrogen-bond donors (Lipinski definition) is 0. The highest BCUT2D eigenvalue weighted by Crippen LogP contribution is 2.42. The maximum atomic E-state index is 3.95. The van der Waals surface area contributed by atoms with Crippen LogP contribution in [0.25, 0.3) is 0 Å². The maximum Gasteiger partial charge on any atom is 0.0272 e. The van der Waals surface area contributed by atoms with Crippen molar-refractivity contribution in [1.29, 1.82) is 0 Å². The number of rotatable bonds is 4. The Bertz CT molecular complexity index is 296. The van der Waals surface area contributed by atoms with Crippen molar-refractivity contribution in [3.8, 4) is 0 Å². The van der Waals surface area contributed by atoms with E-state index in [1.54, 1.807) is 0 Å². The zero-order chi connectivity index (χ0) is 14.9. The third kappa shape index (κ3) is 3.70. The van der Waals surface area contributed by atoms with Crippen LogP contribution in [0.5, 0.6) is 0 Å². The molecular weight excluding hydrogens is 232 g/mol. The Morgan fingerprint density at radius 2 is 1.16 bits per heavy atom. The summed E-state index contributed by atoms with van der Waals surface area (Å²) in [6.07, 6.45) is 6.24. The molecule has 1 aliphatic rings. The number of nitrogens with zero attached hydrogens (tertiary/aromatic N) is 2. The van der Waals surface area contributed by atoms with Gasteiger partial charge in [-0.05, 0) is 54.4 Å². The second kappa shape index (κ2) is 5.41. The van der Waals surface area contributed by atoms with Crippen molar-refractivity contribution in [2.45, 2.75) is 65.5 Å². The molecule has 1 aliphatic heterocycles. The van der Waals surface area contributed by atoms with Crippen molar-refractivity contribution in [1.82, 2.24) is 10.0 Å². The van der Waals surface area contributed by atoms with Crippen molar-refractivity contribution >= 4 is 0 Å². The molecule has 0 amide bonds. The van der Waals surface area contributed by atoms with Gasteiger partial charge in [-0.25, -0.2) is 10.0 Å². The van der Waals surface area contributed by atoms with E-state index in [0.29, 0.717) is 0 Å². The van der Waals surface area contributed by atoms with Gasteiger partial charge in [0.15, 0.2) is 0 Å². The molecule has 0 aromatic carbocycles. The van der Waals surface area contributed by atoms with Crippen LogP contribution >= 0.6 is 0 Å². The van der Waals surface area contributed by atoms with Gasteiger partial charge in [0, 0.05) is 29.6 Å². The summed E-state index contributed by atoms with van der Waals surface area (Å²) in [6.45, 7) is 23.9. The first kappa shape index (κ1) is 16.5. The van der Waals surface area contributed by atoms with E-state index in [1.807, 2.05) is 0 Å². The maximum absolute atomic E-state index is 3.95. The van der Waals surface area contributed by atoms with Gasteiger partial charge in [0.25, 0.3) is 0 Å². The Morgan fingerprint density at radius 3 is 1.37 bits per heavy atom. The standard InChI is InChI=1S/C17H32N2/c1-9-11-17(12-10-2)13-18(15(3,4)5)19(14-17)16(6,7)8/h9-10H,1-2,11-14H2,3-8H3. The molecule has 19 heavy (non-hydrogen) atoms. The molecule has 0 saturated carbocycles. The average molecular weight is 264 g/mol. The number of hydrazine groups is 1. The van der Waals surface area contributed by atoms with Crippen molar-refractivity contribution in [2.75, 3.05) is 13.1 Å². The van der Waals surface area contributed by atoms with Crippen molar-refractivity contribution < 1.29 is 0 Å². The second-order valence-electron chi connectivity index (χ2n) is 7.94. The molecule has 0 spiro atoms. The van der Waals surface area contributed by atoms with Gasteiger partial charge in [-0.15, -0.1) is 13.2 Å². The van der Waals surface area contributed by atoms with E-state index in [-0.39, 0.29) is 16.5 Å². The minimum Gasteiger partial charge on any atom is -0.235 e. The first-order chi connectivity index (χ1) is 8.56. The van der Waals surface area contributed by atoms with E-state index in [4.69, 9.17) is 0 Å². The molecule has 1 fully saturated rings. The Labute approximate surface area is 120 Å². The summed E-state index contributed by atoms with van der Waals surface area (Å²) >= 11 is 0. The zero-order valence-electron chi connectivity index (χ0n) is 13.8. The molecule has 0 atom stereocenters. The van der Waals surface area contributed by atoms with Crippen LogP contribution < -0.4 is 0 Å². The van der Waals surface area contributed by atoms with E-state index >= 15 is 0 Å². The predicted molar refractivity (Wildman–Crippen MR) is 85.0 cm³/mol. The monoisotopic (exact) mass is 264 g/mol. The average Bonchev–Trinajstić information content (AvgIpc) is 2.58. The Morgan fingerprint density at radius 1 is 0.842 bits per heavy atom. The highest BCUT2D eigenvalue weighted by atomic mass is 15.7. The molecule has 0 radical (unpaired) electrons. The fraction of sp³-hybridized carbons (Fsp3) is 0.765. The van der Waals surface area contributed by atoms with Crippen LogP contribution in [0.4, 0.5) is 0 Å². The molecule has 1 saturated heterocycles. The second-order valence-corrected chi connectivity index (χ2v) is 7.94. The third-order valence-electron chi connectivity index (χ3n) is 3.97. The van der Waals surface area contributed by atoms with Gasteiger partial charge >= 0.3 is 0 Å². The molecule has 2 nitrogen and oxygen atoms in total. The lowest BCUT2D eigenvalue weighted by Crippen LogP contribution is -2.55. The molecule has 1 rings (SSSR count). The third-order valence-corrected chi connectivity index (χ3v) is 3.97. The fourth-order valence-electron chi connectivity index (χ4n) is 3.01. The van der Waals surface area contributed by atoms with Crippen molar-refractivity contribution in [3.05, 3.63) is 25.3 Å². The van der Waals surface area contributed by atoms with Gasteiger partial charge in [-0.3, -0.25) is 0 Å². The molecule has 0 N–H and O–H groups in total. The normalized spacial score (nSPS) is 21.6. The molecule has 2 heteroatoms. The van der Waals surface area contributed by atoms with Crippen LogP contribution in [-0.2, 0) is 0 Å². The van der Waals surface area contributed by atoms with Gasteiger partial charge in [0.05, 0.1) is 0 Å². The Kier molecular flexibility index (Phi) is 4.69. The summed E-state index contributed by atoms with van der Waals surface area (Å²) in [6, 6.07) is 0. The molecule has 0 aromatic rings. The lowest BCUT2D eigenvalue weighted by atomic mass is 9.81. The van der Waals surface area contributed by atoms with Crippen LogP contribution in [0, 0.1) is 5.41 Å². The molecular formula is C17H32N2. The van der Waals surface area contributed by atoms with E-state index in [0.717, 1.165) is 25.9 Å². The summed E-state index contributed by atoms with van der Waals surface area (Å²) in [5, 5.41) is 5.08. The smallest absolute Gasteiger partial charge is 0.0272 e. The first-order valence-electron chi connectivity index (χ1n) is 7.33. The Hall–Kier alpha value is -0.600. The number of hydrogen-bond acceptors (Lipinski definition) is 2. The molecule has 110 valence electrons. The lowest BCUT2D eigenvalue weighted by Gasteiger charge is -2.45. The van der Waals surface area contributed by atoms with Gasteiger partial charge in [-0.1, -0.05) is 12.2 Å². The predicted octanol–water partition coefficient (Wildman–Crippen LogP) is 4.25. The zero-order valence-corrected chi connectivity index (χ0v) is 13.8. The van der Waals surface area contributed by atoms with Gasteiger partial charge in [0.2, 0.25) is 0 Å². The molecule has 0 bridgehead atoms. The highest BCUT2D eigenvalue weighted by Gasteiger charge is 2.48. The summed E-state index contributed by atoms with van der Waals surface area (Å²) in [7, 11) is 0. The van der Waals surface area contributed by atoms with Crippen LogP contribution in [0.3, 0.4) is 0 Å². The minimum absolute atomic E-state index is 0.150. The molecule has 1 heterocycles. The van der Waals surface area contributed by atoms with Crippen molar-refractivity contribution in [2.24, 2.45) is 5.41 Å². The minimum atomic E-state index is 0.150. The largest absolute Gasteiger partial charge is 0.235 e. The van der Waals surface area contributed by atoms with Gasteiger partial charge in [-0.2, -0.15) is 0 Å². The topological polar surface area (TPSA) is 6.48 Å². The van der Waals surface area contributed by atoms with E-state index < -0.39 is 0 Å². The van der Waals surface area contributed by atoms with Crippen LogP contribution in [0.15, 0.2) is 25.3 Å². The molecule has 0 aliphatic carbocycles. The first-order valence-corrected chi connectivity index (χ1v) is 7.33. The van der Waals surface area contributed by atoms with Crippen molar-refractivity contribution in [3.63, 3.8) is 0 Å². The van der Waals surface area contributed by atoms with Gasteiger partial charge < -0.3 is 0 Å². The SMILES string of the molecule is C=CCC1(CC=C)CN(C(C)(C)C)N(C(C)(C)C)C1. The summed E-state index contributed by atoms with van der Waals surface area (Å²) in [5.74, 6) is 0. The van der Waals surface area contributed by atoms with Crippen LogP contribution in [-0.4, -0.2) is 34.2 Å². The van der Waals surface area contributed by atoms with Crippen LogP contribution in [0.1, 0.15) is 54.4 Å². The summed E-state index contributed by atoms with van der Waals surface area (Å²) in [5.41, 5.74) is 0.568. The lowest BCUT2D eigenvalue weighted by molar-refractivity contribution is -0.103. The molecule has 0 unspecified atom stereocenters. The quantitative estimate of drug-likeness (QED) is 0.700. The molecule has 0 aromatic heterocycles. The summed E-state index contributed by atoms with van der Waals surface area (Å²) < 4.78 is 0. The number of allylic oxidation sites excluding steroid dienone is 2. The van der Waals surface area contributed by atoms with E-state index in [2.05, 4.69) is 76.9 Å². The summed E-state index contributed by atoms with van der Waals surface area (Å²) in [4.78, 5) is 0. The highest BCUT2D eigenvalue weighted by molar-refractivity contribution is 5.02. The van der Waals surface area contributed by atoms with E-state index in [1.165, 1.54) is 0 Å². The Balaban J connectivity index is 3.10. The van der Waals surface area contributed by atoms with Gasteiger partial charge in [0.1, 0.15) is 0 Å².